The number of ether oxygens (including phenoxy) is 3. The molecule has 0 aliphatic carbocycles. The smallest absolute Gasteiger partial charge is 0.343 e. The Kier molecular flexibility index (Phi) is 7.55. The summed E-state index contributed by atoms with van der Waals surface area (Å²) in [5, 5.41) is 7.11. The normalized spacial score (nSPS) is 10.6. The summed E-state index contributed by atoms with van der Waals surface area (Å²) in [4.78, 5) is 23.1. The molecule has 2 aromatic rings. The maximum Gasteiger partial charge on any atom is 0.343 e. The van der Waals surface area contributed by atoms with Crippen LogP contribution < -0.4 is 10.4 Å². The third kappa shape index (κ3) is 5.64. The molecule has 0 atom stereocenters. The number of carbonyl (C=O) groups is 1. The number of nitrogens with one attached hydrogen (secondary N) is 1. The summed E-state index contributed by atoms with van der Waals surface area (Å²) in [5.74, 6) is 0.910. The zero-order valence-corrected chi connectivity index (χ0v) is 15.0. The van der Waals surface area contributed by atoms with Crippen molar-refractivity contribution < 1.29 is 19.0 Å². The number of hydrogen-bond acceptors (Lipinski definition) is 7. The minimum atomic E-state index is -0.382. The molecule has 0 amide bonds. The fourth-order valence-electron chi connectivity index (χ4n) is 2.08. The van der Waals surface area contributed by atoms with Crippen molar-refractivity contribution in [1.29, 1.82) is 0 Å². The van der Waals surface area contributed by atoms with Crippen LogP contribution in [0.5, 0.6) is 5.75 Å². The second kappa shape index (κ2) is 9.90. The zero-order valence-electron chi connectivity index (χ0n) is 14.2. The number of aromatic nitrogens is 3. The Bertz CT molecular complexity index is 726. The van der Waals surface area contributed by atoms with Crippen LogP contribution >= 0.6 is 11.8 Å². The zero-order chi connectivity index (χ0) is 18.1. The Morgan fingerprint density at radius 1 is 1.24 bits per heavy atom. The van der Waals surface area contributed by atoms with E-state index >= 15 is 0 Å². The molecule has 2 rings (SSSR count). The summed E-state index contributed by atoms with van der Waals surface area (Å²) in [6, 6.07) is 6.73. The van der Waals surface area contributed by atoms with Gasteiger partial charge in [0, 0.05) is 26.0 Å². The third-order valence-electron chi connectivity index (χ3n) is 3.31. The second-order valence-corrected chi connectivity index (χ2v) is 6.08. The maximum absolute atomic E-state index is 11.7. The van der Waals surface area contributed by atoms with Crippen molar-refractivity contribution in [2.24, 2.45) is 0 Å². The molecule has 0 aliphatic heterocycles. The number of hydrogen-bond donors (Lipinski definition) is 1. The van der Waals surface area contributed by atoms with Crippen LogP contribution in [0.1, 0.15) is 16.8 Å². The lowest BCUT2D eigenvalue weighted by atomic mass is 10.2. The Morgan fingerprint density at radius 2 is 2.00 bits per heavy atom. The molecule has 0 radical (unpaired) electrons. The summed E-state index contributed by atoms with van der Waals surface area (Å²) >= 11 is 1.44. The SMILES string of the molecule is COCCCn1c(SCCOc2ccc(C(=O)OC)cc2)n[nH]c1=O. The van der Waals surface area contributed by atoms with Crippen molar-refractivity contribution >= 4 is 17.7 Å². The number of carbonyl (C=O) groups excluding carboxylic acids is 1. The molecule has 0 aliphatic rings. The average Bonchev–Trinajstić information content (AvgIpc) is 2.99. The number of H-pyrrole nitrogens is 1. The van der Waals surface area contributed by atoms with E-state index in [9.17, 15) is 9.59 Å². The van der Waals surface area contributed by atoms with Crippen LogP contribution in [-0.2, 0) is 16.0 Å². The van der Waals surface area contributed by atoms with Crippen molar-refractivity contribution in [2.75, 3.05) is 33.2 Å². The van der Waals surface area contributed by atoms with Crippen molar-refractivity contribution in [3.05, 3.63) is 40.3 Å². The molecule has 0 bridgehead atoms. The van der Waals surface area contributed by atoms with E-state index < -0.39 is 0 Å². The standard InChI is InChI=1S/C16H21N3O5S/c1-22-9-3-8-19-15(21)17-18-16(19)25-11-10-24-13-6-4-12(5-7-13)14(20)23-2/h4-7H,3,8-11H2,1-2H3,(H,17,21). The van der Waals surface area contributed by atoms with Gasteiger partial charge >= 0.3 is 11.7 Å². The number of esters is 1. The van der Waals surface area contributed by atoms with Gasteiger partial charge < -0.3 is 14.2 Å². The average molecular weight is 367 g/mol. The highest BCUT2D eigenvalue weighted by atomic mass is 32.2. The van der Waals surface area contributed by atoms with Gasteiger partial charge in [-0.15, -0.1) is 5.10 Å². The van der Waals surface area contributed by atoms with Crippen LogP contribution in [0.4, 0.5) is 0 Å². The van der Waals surface area contributed by atoms with E-state index in [0.29, 0.717) is 42.0 Å². The predicted molar refractivity (Wildman–Crippen MR) is 93.3 cm³/mol. The molecule has 0 saturated carbocycles. The molecule has 136 valence electrons. The fourth-order valence-corrected chi connectivity index (χ4v) is 2.86. The molecular weight excluding hydrogens is 346 g/mol. The quantitative estimate of drug-likeness (QED) is 0.387. The molecule has 1 aromatic heterocycles. The number of aromatic amines is 1. The largest absolute Gasteiger partial charge is 0.493 e. The minimum absolute atomic E-state index is 0.224. The Balaban J connectivity index is 1.79. The lowest BCUT2D eigenvalue weighted by Gasteiger charge is -2.07. The molecule has 1 heterocycles. The topological polar surface area (TPSA) is 95.4 Å². The summed E-state index contributed by atoms with van der Waals surface area (Å²) in [6.45, 7) is 1.59. The van der Waals surface area contributed by atoms with E-state index in [0.717, 1.165) is 6.42 Å². The minimum Gasteiger partial charge on any atom is -0.493 e. The number of nitrogens with zero attached hydrogens (tertiary/aromatic N) is 2. The number of methoxy groups -OCH3 is 2. The first kappa shape index (κ1) is 19.1. The summed E-state index contributed by atoms with van der Waals surface area (Å²) in [5.41, 5.74) is 0.249. The number of thioether (sulfide) groups is 1. The Hall–Kier alpha value is -2.26. The second-order valence-electron chi connectivity index (χ2n) is 5.02. The van der Waals surface area contributed by atoms with Crippen molar-refractivity contribution in [2.45, 2.75) is 18.1 Å². The molecular formula is C16H21N3O5S. The van der Waals surface area contributed by atoms with Gasteiger partial charge in [-0.25, -0.2) is 14.7 Å². The summed E-state index contributed by atoms with van der Waals surface area (Å²) in [7, 11) is 2.97. The lowest BCUT2D eigenvalue weighted by molar-refractivity contribution is 0.0600. The van der Waals surface area contributed by atoms with Crippen LogP contribution in [0.15, 0.2) is 34.2 Å². The Labute approximate surface area is 149 Å². The van der Waals surface area contributed by atoms with E-state index in [1.807, 2.05) is 0 Å². The van der Waals surface area contributed by atoms with Gasteiger partial charge in [0.1, 0.15) is 5.75 Å². The monoisotopic (exact) mass is 367 g/mol. The maximum atomic E-state index is 11.7. The van der Waals surface area contributed by atoms with Gasteiger partial charge in [-0.3, -0.25) is 4.57 Å². The molecule has 8 nitrogen and oxygen atoms in total. The summed E-state index contributed by atoms with van der Waals surface area (Å²) in [6.07, 6.45) is 0.743. The highest BCUT2D eigenvalue weighted by molar-refractivity contribution is 7.99. The van der Waals surface area contributed by atoms with Crippen LogP contribution in [0.3, 0.4) is 0 Å². The van der Waals surface area contributed by atoms with Gasteiger partial charge in [-0.05, 0) is 30.7 Å². The Morgan fingerprint density at radius 3 is 2.68 bits per heavy atom. The molecule has 0 unspecified atom stereocenters. The van der Waals surface area contributed by atoms with Gasteiger partial charge in [-0.2, -0.15) is 0 Å². The molecule has 25 heavy (non-hydrogen) atoms. The molecule has 0 spiro atoms. The van der Waals surface area contributed by atoms with Crippen molar-refractivity contribution in [3.63, 3.8) is 0 Å². The highest BCUT2D eigenvalue weighted by Gasteiger charge is 2.09. The summed E-state index contributed by atoms with van der Waals surface area (Å²) < 4.78 is 16.9. The molecule has 1 aromatic carbocycles. The van der Waals surface area contributed by atoms with E-state index in [-0.39, 0.29) is 11.7 Å². The molecule has 9 heteroatoms. The third-order valence-corrected chi connectivity index (χ3v) is 4.25. The van der Waals surface area contributed by atoms with Gasteiger partial charge in [-0.1, -0.05) is 11.8 Å². The van der Waals surface area contributed by atoms with Gasteiger partial charge in [0.05, 0.1) is 19.3 Å². The van der Waals surface area contributed by atoms with Crippen LogP contribution in [-0.4, -0.2) is 53.9 Å². The van der Waals surface area contributed by atoms with E-state index in [1.54, 1.807) is 35.9 Å². The lowest BCUT2D eigenvalue weighted by Crippen LogP contribution is -2.18. The first-order valence-corrected chi connectivity index (χ1v) is 8.72. The molecule has 0 fully saturated rings. The first-order valence-electron chi connectivity index (χ1n) is 7.74. The van der Waals surface area contributed by atoms with Crippen LogP contribution in [0.25, 0.3) is 0 Å². The number of rotatable bonds is 10. The van der Waals surface area contributed by atoms with Crippen molar-refractivity contribution in [1.82, 2.24) is 14.8 Å². The van der Waals surface area contributed by atoms with E-state index in [2.05, 4.69) is 14.9 Å². The van der Waals surface area contributed by atoms with Crippen molar-refractivity contribution in [3.8, 4) is 5.75 Å². The van der Waals surface area contributed by atoms with Gasteiger partial charge in [0.2, 0.25) is 0 Å². The van der Waals surface area contributed by atoms with E-state index in [4.69, 9.17) is 9.47 Å². The molecule has 1 N–H and O–H groups in total. The van der Waals surface area contributed by atoms with Crippen LogP contribution in [0, 0.1) is 0 Å². The fraction of sp³-hybridized carbons (Fsp3) is 0.438. The van der Waals surface area contributed by atoms with E-state index in [1.165, 1.54) is 18.9 Å². The first-order chi connectivity index (χ1) is 12.2. The van der Waals surface area contributed by atoms with Gasteiger partial charge in [0.25, 0.3) is 0 Å². The predicted octanol–water partition coefficient (Wildman–Crippen LogP) is 1.57. The van der Waals surface area contributed by atoms with Gasteiger partial charge in [0.15, 0.2) is 5.16 Å². The highest BCUT2D eigenvalue weighted by Crippen LogP contribution is 2.16. The number of benzene rings is 1. The molecule has 0 saturated heterocycles. The van der Waals surface area contributed by atoms with Crippen LogP contribution in [0.2, 0.25) is 0 Å².